The molecule has 0 aliphatic rings. The molecular weight excluding hydrogens is 399 g/mol. The molecule has 0 amide bonds. The molecule has 0 aliphatic carbocycles. The maximum absolute atomic E-state index is 13.0. The second-order valence-corrected chi connectivity index (χ2v) is 6.13. The number of aromatic nitrogens is 1. The predicted octanol–water partition coefficient (Wildman–Crippen LogP) is 3.80. The van der Waals surface area contributed by atoms with Crippen LogP contribution in [-0.2, 0) is 17.5 Å². The van der Waals surface area contributed by atoms with Gasteiger partial charge in [-0.05, 0) is 30.7 Å². The van der Waals surface area contributed by atoms with Crippen molar-refractivity contribution in [3.05, 3.63) is 55.8 Å². The molecule has 1 aromatic carbocycles. The molecule has 0 saturated carbocycles. The normalized spacial score (nSPS) is 11.8. The van der Waals surface area contributed by atoms with Gasteiger partial charge >= 0.3 is 6.18 Å². The molecule has 1 aromatic heterocycles. The number of ether oxygens (including phenoxy) is 1. The van der Waals surface area contributed by atoms with E-state index in [1.165, 1.54) is 20.1 Å². The number of alkyl halides is 3. The highest BCUT2D eigenvalue weighted by atomic mass is 35.5. The SMILES string of the molecule is COCCn1c(O)c(C=Nc2ccc(Cl)c(C(F)(F)F)c2)c(C)c(C#N)c1=O. The maximum Gasteiger partial charge on any atom is 0.417 e. The van der Waals surface area contributed by atoms with Crippen LogP contribution in [-0.4, -0.2) is 29.6 Å². The molecule has 2 aromatic rings. The van der Waals surface area contributed by atoms with E-state index in [0.29, 0.717) is 0 Å². The zero-order valence-electron chi connectivity index (χ0n) is 14.8. The third-order valence-electron chi connectivity index (χ3n) is 3.96. The topological polar surface area (TPSA) is 87.6 Å². The Kier molecular flexibility index (Phi) is 6.48. The van der Waals surface area contributed by atoms with Crippen LogP contribution in [0.2, 0.25) is 5.02 Å². The number of nitrogens with zero attached hydrogens (tertiary/aromatic N) is 3. The van der Waals surface area contributed by atoms with Crippen LogP contribution in [0.3, 0.4) is 0 Å². The van der Waals surface area contributed by atoms with Crippen molar-refractivity contribution in [3.63, 3.8) is 0 Å². The van der Waals surface area contributed by atoms with E-state index in [0.717, 1.165) is 22.9 Å². The van der Waals surface area contributed by atoms with Crippen molar-refractivity contribution in [3.8, 4) is 11.9 Å². The van der Waals surface area contributed by atoms with Crippen molar-refractivity contribution in [2.75, 3.05) is 13.7 Å². The van der Waals surface area contributed by atoms with Crippen LogP contribution < -0.4 is 5.56 Å². The Labute approximate surface area is 163 Å². The minimum atomic E-state index is -4.65. The van der Waals surface area contributed by atoms with Gasteiger partial charge in [-0.2, -0.15) is 18.4 Å². The highest BCUT2D eigenvalue weighted by Crippen LogP contribution is 2.36. The zero-order chi connectivity index (χ0) is 21.1. The number of benzene rings is 1. The lowest BCUT2D eigenvalue weighted by Gasteiger charge is -2.13. The van der Waals surface area contributed by atoms with Crippen LogP contribution >= 0.6 is 11.6 Å². The summed E-state index contributed by atoms with van der Waals surface area (Å²) in [7, 11) is 1.41. The second kappa shape index (κ2) is 8.46. The standard InChI is InChI=1S/C18H15ClF3N3O3/c1-10-12(8-23)16(26)25(5-6-28-2)17(27)13(10)9-24-11-3-4-15(19)14(7-11)18(20,21)22/h3-4,7,9,27H,5-6H2,1-2H3. The van der Waals surface area contributed by atoms with Crippen LogP contribution in [0.5, 0.6) is 5.88 Å². The molecule has 0 saturated heterocycles. The molecule has 0 spiro atoms. The summed E-state index contributed by atoms with van der Waals surface area (Å²) in [5, 5.41) is 19.2. The van der Waals surface area contributed by atoms with Crippen LogP contribution in [0.25, 0.3) is 0 Å². The lowest BCUT2D eigenvalue weighted by Crippen LogP contribution is -2.26. The fraction of sp³-hybridized carbons (Fsp3) is 0.278. The van der Waals surface area contributed by atoms with Gasteiger partial charge in [-0.25, -0.2) is 0 Å². The van der Waals surface area contributed by atoms with Gasteiger partial charge in [0.05, 0.1) is 35.0 Å². The van der Waals surface area contributed by atoms with Gasteiger partial charge in [0.25, 0.3) is 5.56 Å². The zero-order valence-corrected chi connectivity index (χ0v) is 15.6. The maximum atomic E-state index is 13.0. The fourth-order valence-corrected chi connectivity index (χ4v) is 2.69. The van der Waals surface area contributed by atoms with E-state index in [1.807, 2.05) is 0 Å². The Hall–Kier alpha value is -2.83. The molecule has 148 valence electrons. The minimum absolute atomic E-state index is 0.0177. The Morgan fingerprint density at radius 3 is 2.68 bits per heavy atom. The first-order valence-electron chi connectivity index (χ1n) is 7.88. The van der Waals surface area contributed by atoms with Crippen molar-refractivity contribution in [2.24, 2.45) is 4.99 Å². The van der Waals surface area contributed by atoms with Crippen LogP contribution in [0.15, 0.2) is 28.0 Å². The van der Waals surface area contributed by atoms with Gasteiger partial charge in [-0.15, -0.1) is 0 Å². The quantitative estimate of drug-likeness (QED) is 0.755. The molecule has 28 heavy (non-hydrogen) atoms. The number of hydrogen-bond donors (Lipinski definition) is 1. The summed E-state index contributed by atoms with van der Waals surface area (Å²) in [5.41, 5.74) is -1.82. The average Bonchev–Trinajstić information content (AvgIpc) is 2.62. The summed E-state index contributed by atoms with van der Waals surface area (Å²) in [5.74, 6) is -0.465. The first-order chi connectivity index (χ1) is 13.1. The number of hydrogen-bond acceptors (Lipinski definition) is 5. The molecule has 1 N–H and O–H groups in total. The van der Waals surface area contributed by atoms with Gasteiger partial charge in [-0.1, -0.05) is 11.6 Å². The van der Waals surface area contributed by atoms with E-state index in [9.17, 15) is 28.3 Å². The Balaban J connectivity index is 2.58. The van der Waals surface area contributed by atoms with Crippen LogP contribution in [0.1, 0.15) is 22.3 Å². The van der Waals surface area contributed by atoms with E-state index >= 15 is 0 Å². The number of methoxy groups -OCH3 is 1. The molecule has 0 aliphatic heterocycles. The monoisotopic (exact) mass is 413 g/mol. The summed E-state index contributed by atoms with van der Waals surface area (Å²) >= 11 is 5.58. The van der Waals surface area contributed by atoms with E-state index in [4.69, 9.17) is 16.3 Å². The lowest BCUT2D eigenvalue weighted by molar-refractivity contribution is -0.137. The van der Waals surface area contributed by atoms with E-state index in [1.54, 1.807) is 6.07 Å². The molecule has 0 bridgehead atoms. The molecule has 2 rings (SSSR count). The highest BCUT2D eigenvalue weighted by Gasteiger charge is 2.33. The number of rotatable bonds is 5. The summed E-state index contributed by atoms with van der Waals surface area (Å²) in [4.78, 5) is 16.2. The molecule has 10 heteroatoms. The van der Waals surface area contributed by atoms with E-state index in [2.05, 4.69) is 4.99 Å². The van der Waals surface area contributed by atoms with Crippen LogP contribution in [0, 0.1) is 18.3 Å². The number of halogens is 4. The number of aliphatic imine (C=N–C) groups is 1. The van der Waals surface area contributed by atoms with Crippen molar-refractivity contribution >= 4 is 23.5 Å². The number of pyridine rings is 1. The summed E-state index contributed by atoms with van der Waals surface area (Å²) in [6.07, 6.45) is -3.56. The first-order valence-corrected chi connectivity index (χ1v) is 8.25. The molecule has 0 radical (unpaired) electrons. The largest absolute Gasteiger partial charge is 0.494 e. The summed E-state index contributed by atoms with van der Waals surface area (Å²) < 4.78 is 44.7. The number of aromatic hydroxyl groups is 1. The highest BCUT2D eigenvalue weighted by molar-refractivity contribution is 6.31. The van der Waals surface area contributed by atoms with Crippen LogP contribution in [0.4, 0.5) is 18.9 Å². The van der Waals surface area contributed by atoms with Gasteiger partial charge in [-0.3, -0.25) is 14.4 Å². The lowest BCUT2D eigenvalue weighted by atomic mass is 10.1. The molecular formula is C18H15ClF3N3O3. The van der Waals surface area contributed by atoms with E-state index in [-0.39, 0.29) is 35.5 Å². The second-order valence-electron chi connectivity index (χ2n) is 5.72. The molecule has 1 heterocycles. The Morgan fingerprint density at radius 2 is 2.11 bits per heavy atom. The average molecular weight is 414 g/mol. The Bertz CT molecular complexity index is 1020. The number of nitriles is 1. The molecule has 0 fully saturated rings. The third kappa shape index (κ3) is 4.35. The predicted molar refractivity (Wildman–Crippen MR) is 97.4 cm³/mol. The summed E-state index contributed by atoms with van der Waals surface area (Å²) in [6.45, 7) is 1.52. The smallest absolute Gasteiger partial charge is 0.417 e. The molecule has 0 unspecified atom stereocenters. The first kappa shape index (κ1) is 21.5. The van der Waals surface area contributed by atoms with Crippen molar-refractivity contribution < 1.29 is 23.0 Å². The van der Waals surface area contributed by atoms with Gasteiger partial charge in [0.15, 0.2) is 0 Å². The Morgan fingerprint density at radius 1 is 1.43 bits per heavy atom. The molecule has 0 atom stereocenters. The van der Waals surface area contributed by atoms with Gasteiger partial charge in [0.2, 0.25) is 5.88 Å². The molecule has 6 nitrogen and oxygen atoms in total. The summed E-state index contributed by atoms with van der Waals surface area (Å²) in [6, 6.07) is 4.86. The van der Waals surface area contributed by atoms with E-state index < -0.39 is 28.2 Å². The third-order valence-corrected chi connectivity index (χ3v) is 4.29. The van der Waals surface area contributed by atoms with Crippen molar-refractivity contribution in [1.82, 2.24) is 4.57 Å². The van der Waals surface area contributed by atoms with Gasteiger partial charge in [0.1, 0.15) is 11.6 Å². The minimum Gasteiger partial charge on any atom is -0.494 e. The van der Waals surface area contributed by atoms with Gasteiger partial charge < -0.3 is 9.84 Å². The van der Waals surface area contributed by atoms with Crippen molar-refractivity contribution in [2.45, 2.75) is 19.6 Å². The van der Waals surface area contributed by atoms with Crippen molar-refractivity contribution in [1.29, 1.82) is 5.26 Å². The van der Waals surface area contributed by atoms with Gasteiger partial charge in [0, 0.05) is 13.3 Å². The fourth-order valence-electron chi connectivity index (χ4n) is 2.47.